The molecule has 0 unspecified atom stereocenters. The Morgan fingerprint density at radius 2 is 1.35 bits per heavy atom. The van der Waals surface area contributed by atoms with Crippen molar-refractivity contribution in [3.05, 3.63) is 120 Å². The minimum absolute atomic E-state index is 0.0277. The van der Waals surface area contributed by atoms with Gasteiger partial charge in [0.15, 0.2) is 5.79 Å². The van der Waals surface area contributed by atoms with Gasteiger partial charge >= 0.3 is 6.09 Å². The zero-order chi connectivity index (χ0) is 44.8. The maximum Gasteiger partial charge on any atom is 0.417 e. The van der Waals surface area contributed by atoms with Gasteiger partial charge in [-0.3, -0.25) is 9.59 Å². The van der Waals surface area contributed by atoms with Crippen molar-refractivity contribution >= 4 is 17.8 Å². The van der Waals surface area contributed by atoms with Gasteiger partial charge < -0.3 is 39.0 Å². The maximum atomic E-state index is 13.7. The first-order chi connectivity index (χ1) is 29.6. The number of nitrogens with zero attached hydrogens (tertiary/aromatic N) is 1. The number of hydrogen-bond acceptors (Lipinski definition) is 11. The summed E-state index contributed by atoms with van der Waals surface area (Å²) < 4.78 is 29.9. The molecular weight excluding hydrogens is 791 g/mol. The molecule has 11 atom stereocenters. The van der Waals surface area contributed by atoms with E-state index in [0.29, 0.717) is 25.9 Å². The summed E-state index contributed by atoms with van der Waals surface area (Å²) in [6.07, 6.45) is 0.373. The molecule has 0 spiro atoms. The predicted octanol–water partition coefficient (Wildman–Crippen LogP) is 7.87. The van der Waals surface area contributed by atoms with E-state index >= 15 is 0 Å². The van der Waals surface area contributed by atoms with Crippen LogP contribution in [0.5, 0.6) is 0 Å². The van der Waals surface area contributed by atoms with Crippen LogP contribution in [0.1, 0.15) is 103 Å². The van der Waals surface area contributed by atoms with Crippen LogP contribution < -0.4 is 0 Å². The van der Waals surface area contributed by atoms with E-state index in [9.17, 15) is 29.7 Å². The molecule has 3 aromatic carbocycles. The maximum absolute atomic E-state index is 13.7. The van der Waals surface area contributed by atoms with Crippen LogP contribution in [0.2, 0.25) is 0 Å². The number of cyclic esters (lactones) is 1. The van der Waals surface area contributed by atoms with Crippen LogP contribution in [0.15, 0.2) is 103 Å². The van der Waals surface area contributed by atoms with E-state index in [1.807, 2.05) is 119 Å². The van der Waals surface area contributed by atoms with Gasteiger partial charge in [0.25, 0.3) is 0 Å². The van der Waals surface area contributed by atoms with E-state index in [2.05, 4.69) is 0 Å². The average molecular weight is 858 g/mol. The third-order valence-corrected chi connectivity index (χ3v) is 12.1. The van der Waals surface area contributed by atoms with Crippen LogP contribution in [0.4, 0.5) is 4.79 Å². The highest BCUT2D eigenvalue weighted by Crippen LogP contribution is 2.34. The zero-order valence-electron chi connectivity index (χ0n) is 37.1. The number of Topliss-reactive ketones (excluding diaryl/α,β-unsaturated/α-hetero) is 1. The Morgan fingerprint density at radius 3 is 1.98 bits per heavy atom. The molecule has 62 heavy (non-hydrogen) atoms. The smallest absolute Gasteiger partial charge is 0.417 e. The van der Waals surface area contributed by atoms with Crippen molar-refractivity contribution < 1.29 is 53.4 Å². The van der Waals surface area contributed by atoms with Crippen molar-refractivity contribution in [2.45, 2.75) is 148 Å². The number of amides is 2. The van der Waals surface area contributed by atoms with Crippen LogP contribution in [-0.2, 0) is 46.5 Å². The van der Waals surface area contributed by atoms with Crippen molar-refractivity contribution in [1.82, 2.24) is 4.90 Å². The zero-order valence-corrected chi connectivity index (χ0v) is 37.1. The summed E-state index contributed by atoms with van der Waals surface area (Å²) in [4.78, 5) is 41.1. The minimum Gasteiger partial charge on any atom is -0.446 e. The average Bonchev–Trinajstić information content (AvgIpc) is 3.67. The van der Waals surface area contributed by atoms with Crippen LogP contribution >= 0.6 is 0 Å². The number of ketones is 1. The van der Waals surface area contributed by atoms with E-state index < -0.39 is 66.2 Å². The lowest BCUT2D eigenvalue weighted by Gasteiger charge is -2.43. The van der Waals surface area contributed by atoms with E-state index in [1.54, 1.807) is 26.0 Å². The predicted molar refractivity (Wildman–Crippen MR) is 234 cm³/mol. The van der Waals surface area contributed by atoms with Crippen molar-refractivity contribution in [2.75, 3.05) is 6.61 Å². The Morgan fingerprint density at radius 1 is 0.774 bits per heavy atom. The Kier molecular flexibility index (Phi) is 18.4. The van der Waals surface area contributed by atoms with Gasteiger partial charge in [0.1, 0.15) is 18.4 Å². The molecule has 2 aliphatic rings. The van der Waals surface area contributed by atoms with Crippen LogP contribution in [0.25, 0.3) is 0 Å². The highest BCUT2D eigenvalue weighted by atomic mass is 16.7. The molecule has 5 rings (SSSR count). The molecular formula is C50H67NO11. The van der Waals surface area contributed by atoms with Gasteiger partial charge in [-0.1, -0.05) is 124 Å². The first kappa shape index (κ1) is 48.8. The molecule has 0 bridgehead atoms. The topological polar surface area (TPSA) is 161 Å². The van der Waals surface area contributed by atoms with Gasteiger partial charge in [-0.15, -0.1) is 0 Å². The number of hydrogen-bond donors (Lipinski definition) is 3. The monoisotopic (exact) mass is 857 g/mol. The van der Waals surface area contributed by atoms with Crippen molar-refractivity contribution in [1.29, 1.82) is 0 Å². The van der Waals surface area contributed by atoms with E-state index in [1.165, 1.54) is 0 Å². The lowest BCUT2D eigenvalue weighted by Crippen LogP contribution is -2.48. The number of rotatable bonds is 23. The van der Waals surface area contributed by atoms with Gasteiger partial charge in [0, 0.05) is 24.7 Å². The summed E-state index contributed by atoms with van der Waals surface area (Å²) in [5.74, 6) is -3.63. The third-order valence-electron chi connectivity index (χ3n) is 12.1. The molecule has 2 saturated heterocycles. The molecule has 2 fully saturated rings. The molecule has 12 nitrogen and oxygen atoms in total. The van der Waals surface area contributed by atoms with Crippen molar-refractivity contribution in [3.8, 4) is 0 Å². The molecule has 3 aromatic rings. The third kappa shape index (κ3) is 14.4. The quantitative estimate of drug-likeness (QED) is 0.0797. The van der Waals surface area contributed by atoms with Crippen LogP contribution in [0.3, 0.4) is 0 Å². The highest BCUT2D eigenvalue weighted by Gasteiger charge is 2.42. The van der Waals surface area contributed by atoms with Crippen molar-refractivity contribution in [2.24, 2.45) is 17.8 Å². The fourth-order valence-electron chi connectivity index (χ4n) is 7.95. The fourth-order valence-corrected chi connectivity index (χ4v) is 7.95. The second kappa shape index (κ2) is 23.4. The standard InChI is InChI=1S/C50H67NO11/c1-33(58-30-37-16-10-7-11-17-37)22-25-44(53)35(3)47-29-41(61-50(5,6)62-47)24-27-43(52)34(2)46(55)28-40(59-31-38-18-12-8-13-19-38)23-26-45(54)36(4)48(56)51-42(32-60-49(51)57)39-20-14-9-15-21-39/h7-21,24,27,33-36,40-45,47,52-54H,22-23,25-26,28-32H2,1-6H3/b27-24+/t33-,34-,35+,36+,40+,41+,42-,43+,44-,45-,47-/m1/s1. The number of carbonyl (C=O) groups excluding carboxylic acids is 3. The molecule has 0 saturated carbocycles. The van der Waals surface area contributed by atoms with Crippen LogP contribution in [-0.4, -0.2) is 93.1 Å². The summed E-state index contributed by atoms with van der Waals surface area (Å²) in [5.41, 5.74) is 2.77. The second-order valence-corrected chi connectivity index (χ2v) is 17.5. The fraction of sp³-hybridized carbons (Fsp3) is 0.540. The molecule has 2 aliphatic heterocycles. The Hall–Kier alpha value is -4.27. The van der Waals surface area contributed by atoms with E-state index in [0.717, 1.165) is 21.6 Å². The number of ether oxygens (including phenoxy) is 5. The molecule has 3 N–H and O–H groups in total. The highest BCUT2D eigenvalue weighted by molar-refractivity contribution is 5.95. The molecule has 0 radical (unpaired) electrons. The van der Waals surface area contributed by atoms with Crippen LogP contribution in [0, 0.1) is 17.8 Å². The molecule has 0 aromatic heterocycles. The Balaban J connectivity index is 1.14. The first-order valence-electron chi connectivity index (χ1n) is 22.1. The molecule has 2 amide bonds. The Labute approximate surface area is 367 Å². The lowest BCUT2D eigenvalue weighted by molar-refractivity contribution is -0.302. The number of aliphatic hydroxyl groups excluding tert-OH is 3. The summed E-state index contributed by atoms with van der Waals surface area (Å²) in [6, 6.07) is 28.1. The van der Waals surface area contributed by atoms with Crippen molar-refractivity contribution in [3.63, 3.8) is 0 Å². The summed E-state index contributed by atoms with van der Waals surface area (Å²) in [7, 11) is 0. The number of imide groups is 1. The number of aliphatic hydroxyl groups is 3. The molecule has 0 aliphatic carbocycles. The summed E-state index contributed by atoms with van der Waals surface area (Å²) >= 11 is 0. The number of carbonyl (C=O) groups is 3. The van der Waals surface area contributed by atoms with Gasteiger partial charge in [-0.2, -0.15) is 0 Å². The van der Waals surface area contributed by atoms with E-state index in [-0.39, 0.29) is 56.4 Å². The normalized spacial score (nSPS) is 22.9. The molecule has 2 heterocycles. The molecule has 338 valence electrons. The Bertz CT molecular complexity index is 1860. The van der Waals surface area contributed by atoms with Gasteiger partial charge in [0.2, 0.25) is 5.91 Å². The second-order valence-electron chi connectivity index (χ2n) is 17.5. The van der Waals surface area contributed by atoms with Gasteiger partial charge in [0.05, 0.1) is 61.9 Å². The largest absolute Gasteiger partial charge is 0.446 e. The molecule has 12 heteroatoms. The minimum atomic E-state index is -1.13. The van der Waals surface area contributed by atoms with Gasteiger partial charge in [-0.25, -0.2) is 9.69 Å². The SMILES string of the molecule is C[C@@H]([C@H](O)CC[C@@H](C)OCc1ccccc1)[C@H]1C[C@H](/C=C/[C@H](O)[C@@H](C)C(=O)C[C@H](CC[C@@H](O)[C@H](C)C(=O)N2C(=O)OC[C@@H]2c2ccccc2)OCc2ccccc2)OC(C)(C)O1. The lowest BCUT2D eigenvalue weighted by atomic mass is 9.89. The first-order valence-corrected chi connectivity index (χ1v) is 22.1. The van der Waals surface area contributed by atoms with Gasteiger partial charge in [-0.05, 0) is 63.1 Å². The number of benzene rings is 3. The van der Waals surface area contributed by atoms with E-state index in [4.69, 9.17) is 23.7 Å². The summed E-state index contributed by atoms with van der Waals surface area (Å²) in [5, 5.41) is 33.7. The summed E-state index contributed by atoms with van der Waals surface area (Å²) in [6.45, 7) is 11.7.